The van der Waals surface area contributed by atoms with Crippen LogP contribution in [0, 0.1) is 0 Å². The molecule has 2 N–H and O–H groups in total. The fraction of sp³-hybridized carbons (Fsp3) is 0.632. The lowest BCUT2D eigenvalue weighted by atomic mass is 9.98. The largest absolute Gasteiger partial charge is 0.336 e. The molecule has 1 aliphatic heterocycles. The SMILES string of the molecule is CN(C)S(=O)(=O)c1ccccc1CNC(=O)NCC(C)(C)N1CCCCC1. The first-order valence-corrected chi connectivity index (χ1v) is 10.9. The van der Waals surface area contributed by atoms with E-state index in [0.717, 1.165) is 13.1 Å². The summed E-state index contributed by atoms with van der Waals surface area (Å²) in [4.78, 5) is 14.9. The van der Waals surface area contributed by atoms with Crippen LogP contribution in [0.15, 0.2) is 29.2 Å². The van der Waals surface area contributed by atoms with Gasteiger partial charge in [0.1, 0.15) is 0 Å². The fourth-order valence-electron chi connectivity index (χ4n) is 3.24. The van der Waals surface area contributed by atoms with Crippen LogP contribution in [0.2, 0.25) is 0 Å². The normalized spacial score (nSPS) is 16.3. The third-order valence-corrected chi connectivity index (χ3v) is 6.98. The van der Waals surface area contributed by atoms with E-state index < -0.39 is 10.0 Å². The summed E-state index contributed by atoms with van der Waals surface area (Å²) in [6, 6.07) is 6.43. The number of amides is 2. The number of piperidine rings is 1. The number of nitrogens with zero attached hydrogens (tertiary/aromatic N) is 2. The molecule has 152 valence electrons. The van der Waals surface area contributed by atoms with Crippen LogP contribution in [0.3, 0.4) is 0 Å². The van der Waals surface area contributed by atoms with Crippen molar-refractivity contribution >= 4 is 16.1 Å². The summed E-state index contributed by atoms with van der Waals surface area (Å²) in [7, 11) is -0.561. The van der Waals surface area contributed by atoms with Gasteiger partial charge in [-0.05, 0) is 51.4 Å². The summed E-state index contributed by atoms with van der Waals surface area (Å²) >= 11 is 0. The van der Waals surface area contributed by atoms with Crippen LogP contribution < -0.4 is 10.6 Å². The highest BCUT2D eigenvalue weighted by Gasteiger charge is 2.28. The summed E-state index contributed by atoms with van der Waals surface area (Å²) in [5.41, 5.74) is 0.459. The Hall–Kier alpha value is -1.64. The first-order valence-electron chi connectivity index (χ1n) is 9.42. The molecule has 1 aliphatic rings. The molecule has 7 nitrogen and oxygen atoms in total. The molecule has 0 saturated carbocycles. The van der Waals surface area contributed by atoms with Crippen molar-refractivity contribution in [3.8, 4) is 0 Å². The molecule has 0 aromatic heterocycles. The lowest BCUT2D eigenvalue weighted by Gasteiger charge is -2.41. The molecule has 1 heterocycles. The summed E-state index contributed by atoms with van der Waals surface area (Å²) < 4.78 is 26.0. The van der Waals surface area contributed by atoms with E-state index in [2.05, 4.69) is 29.4 Å². The predicted octanol–water partition coefficient (Wildman–Crippen LogP) is 2.00. The molecular weight excluding hydrogens is 364 g/mol. The highest BCUT2D eigenvalue weighted by molar-refractivity contribution is 7.89. The van der Waals surface area contributed by atoms with Gasteiger partial charge >= 0.3 is 6.03 Å². The van der Waals surface area contributed by atoms with Gasteiger partial charge in [-0.25, -0.2) is 17.5 Å². The van der Waals surface area contributed by atoms with Gasteiger partial charge in [-0.3, -0.25) is 4.90 Å². The van der Waals surface area contributed by atoms with Gasteiger partial charge < -0.3 is 10.6 Å². The molecule has 0 spiro atoms. The Morgan fingerprint density at radius 1 is 1.11 bits per heavy atom. The summed E-state index contributed by atoms with van der Waals surface area (Å²) in [6.45, 7) is 7.09. The van der Waals surface area contributed by atoms with E-state index in [-0.39, 0.29) is 23.0 Å². The Labute approximate surface area is 163 Å². The molecule has 0 atom stereocenters. The van der Waals surface area contributed by atoms with Crippen molar-refractivity contribution in [1.82, 2.24) is 19.8 Å². The zero-order valence-electron chi connectivity index (χ0n) is 16.8. The van der Waals surface area contributed by atoms with Gasteiger partial charge in [0.2, 0.25) is 10.0 Å². The Morgan fingerprint density at radius 3 is 2.37 bits per heavy atom. The summed E-state index contributed by atoms with van der Waals surface area (Å²) in [5.74, 6) is 0. The average Bonchev–Trinajstić information content (AvgIpc) is 2.65. The number of sulfonamides is 1. The molecule has 0 bridgehead atoms. The van der Waals surface area contributed by atoms with Gasteiger partial charge in [0.25, 0.3) is 0 Å². The number of carbonyl (C=O) groups excluding carboxylic acids is 1. The van der Waals surface area contributed by atoms with Crippen LogP contribution in [0.25, 0.3) is 0 Å². The van der Waals surface area contributed by atoms with E-state index in [0.29, 0.717) is 12.1 Å². The number of benzene rings is 1. The fourth-order valence-corrected chi connectivity index (χ4v) is 4.36. The summed E-state index contributed by atoms with van der Waals surface area (Å²) in [5, 5.41) is 5.69. The summed E-state index contributed by atoms with van der Waals surface area (Å²) in [6.07, 6.45) is 3.68. The van der Waals surface area contributed by atoms with E-state index in [1.807, 2.05) is 0 Å². The van der Waals surface area contributed by atoms with Crippen molar-refractivity contribution in [1.29, 1.82) is 0 Å². The molecule has 1 aromatic carbocycles. The molecule has 2 rings (SSSR count). The van der Waals surface area contributed by atoms with Crippen LogP contribution in [0.1, 0.15) is 38.7 Å². The number of rotatable bonds is 7. The minimum absolute atomic E-state index is 0.107. The Bertz CT molecular complexity index is 741. The first kappa shape index (κ1) is 21.7. The number of urea groups is 1. The minimum atomic E-state index is -3.55. The number of hydrogen-bond donors (Lipinski definition) is 2. The van der Waals surface area contributed by atoms with Gasteiger partial charge in [-0.2, -0.15) is 0 Å². The second-order valence-corrected chi connectivity index (χ2v) is 9.91. The van der Waals surface area contributed by atoms with Crippen LogP contribution in [-0.4, -0.2) is 62.9 Å². The third kappa shape index (κ3) is 5.67. The van der Waals surface area contributed by atoms with Crippen molar-refractivity contribution in [2.24, 2.45) is 0 Å². The van der Waals surface area contributed by atoms with E-state index in [4.69, 9.17) is 0 Å². The van der Waals surface area contributed by atoms with E-state index in [9.17, 15) is 13.2 Å². The number of carbonyl (C=O) groups is 1. The second-order valence-electron chi connectivity index (χ2n) is 7.79. The van der Waals surface area contributed by atoms with Crippen molar-refractivity contribution in [2.45, 2.75) is 50.1 Å². The quantitative estimate of drug-likeness (QED) is 0.739. The van der Waals surface area contributed by atoms with Gasteiger partial charge in [0.15, 0.2) is 0 Å². The maximum atomic E-state index is 12.4. The van der Waals surface area contributed by atoms with Crippen molar-refractivity contribution < 1.29 is 13.2 Å². The van der Waals surface area contributed by atoms with Crippen molar-refractivity contribution in [3.05, 3.63) is 29.8 Å². The lowest BCUT2D eigenvalue weighted by molar-refractivity contribution is 0.0960. The van der Waals surface area contributed by atoms with Crippen LogP contribution in [0.5, 0.6) is 0 Å². The second kappa shape index (κ2) is 9.03. The van der Waals surface area contributed by atoms with Gasteiger partial charge in [-0.15, -0.1) is 0 Å². The van der Waals surface area contributed by atoms with E-state index in [1.54, 1.807) is 24.3 Å². The lowest BCUT2D eigenvalue weighted by Crippen LogP contribution is -2.54. The zero-order chi connectivity index (χ0) is 20.1. The molecule has 1 aromatic rings. The molecule has 1 saturated heterocycles. The van der Waals surface area contributed by atoms with Crippen LogP contribution in [0.4, 0.5) is 4.79 Å². The molecule has 27 heavy (non-hydrogen) atoms. The predicted molar refractivity (Wildman–Crippen MR) is 107 cm³/mol. The molecule has 0 aliphatic carbocycles. The third-order valence-electron chi connectivity index (χ3n) is 5.06. The van der Waals surface area contributed by atoms with Crippen LogP contribution in [-0.2, 0) is 16.6 Å². The number of likely N-dealkylation sites (tertiary alicyclic amines) is 1. The van der Waals surface area contributed by atoms with E-state index >= 15 is 0 Å². The van der Waals surface area contributed by atoms with Crippen LogP contribution >= 0.6 is 0 Å². The van der Waals surface area contributed by atoms with Gasteiger partial charge in [0, 0.05) is 32.7 Å². The monoisotopic (exact) mass is 396 g/mol. The van der Waals surface area contributed by atoms with Crippen molar-refractivity contribution in [3.63, 3.8) is 0 Å². The molecule has 1 fully saturated rings. The number of nitrogens with one attached hydrogen (secondary N) is 2. The highest BCUT2D eigenvalue weighted by atomic mass is 32.2. The molecular formula is C19H32N4O3S. The van der Waals surface area contributed by atoms with Crippen molar-refractivity contribution in [2.75, 3.05) is 33.7 Å². The molecule has 0 unspecified atom stereocenters. The van der Waals surface area contributed by atoms with Gasteiger partial charge in [0.05, 0.1) is 4.90 Å². The topological polar surface area (TPSA) is 81.8 Å². The molecule has 2 amide bonds. The average molecular weight is 397 g/mol. The van der Waals surface area contributed by atoms with E-state index in [1.165, 1.54) is 37.7 Å². The Morgan fingerprint density at radius 2 is 1.74 bits per heavy atom. The van der Waals surface area contributed by atoms with Gasteiger partial charge in [-0.1, -0.05) is 24.6 Å². The minimum Gasteiger partial charge on any atom is -0.336 e. The first-order chi connectivity index (χ1) is 12.6. The zero-order valence-corrected chi connectivity index (χ0v) is 17.6. The number of hydrogen-bond acceptors (Lipinski definition) is 4. The Kier molecular flexibility index (Phi) is 7.25. The molecule has 8 heteroatoms. The maximum absolute atomic E-state index is 12.4. The molecule has 0 radical (unpaired) electrons. The highest BCUT2D eigenvalue weighted by Crippen LogP contribution is 2.20. The smallest absolute Gasteiger partial charge is 0.315 e. The Balaban J connectivity index is 1.93. The standard InChI is InChI=1S/C19H32N4O3S/c1-19(2,23-12-8-5-9-13-23)15-21-18(24)20-14-16-10-6-7-11-17(16)27(25,26)22(3)4/h6-7,10-11H,5,8-9,12-15H2,1-4H3,(H2,20,21,24). The maximum Gasteiger partial charge on any atom is 0.315 e.